The maximum Gasteiger partial charge on any atom is 0.307 e. The van der Waals surface area contributed by atoms with E-state index in [4.69, 9.17) is 9.72 Å². The van der Waals surface area contributed by atoms with Gasteiger partial charge in [-0.1, -0.05) is 27.7 Å². The van der Waals surface area contributed by atoms with E-state index in [-0.39, 0.29) is 35.0 Å². The molecule has 2 aromatic carbocycles. The molecule has 188 valence electrons. The van der Waals surface area contributed by atoms with Crippen LogP contribution in [0.25, 0.3) is 11.0 Å². The van der Waals surface area contributed by atoms with Crippen molar-refractivity contribution in [1.82, 2.24) is 9.55 Å². The molecule has 0 aliphatic heterocycles. The zero-order valence-electron chi connectivity index (χ0n) is 21.5. The lowest BCUT2D eigenvalue weighted by molar-refractivity contribution is -0.136. The van der Waals surface area contributed by atoms with Crippen LogP contribution in [0.5, 0.6) is 5.75 Å². The van der Waals surface area contributed by atoms with Crippen LogP contribution in [0.15, 0.2) is 36.4 Å². The number of benzene rings is 2. The van der Waals surface area contributed by atoms with Crippen molar-refractivity contribution in [2.24, 2.45) is 10.8 Å². The minimum atomic E-state index is -1.07. The summed E-state index contributed by atoms with van der Waals surface area (Å²) in [5.74, 6) is -0.171. The highest BCUT2D eigenvalue weighted by Gasteiger charge is 2.40. The Balaban J connectivity index is 1.79. The molecule has 0 spiro atoms. The van der Waals surface area contributed by atoms with Gasteiger partial charge < -0.3 is 19.7 Å². The molecule has 1 aromatic heterocycles. The van der Waals surface area contributed by atoms with Gasteiger partial charge in [-0.15, -0.1) is 0 Å². The number of anilines is 2. The summed E-state index contributed by atoms with van der Waals surface area (Å²) >= 11 is 0. The maximum absolute atomic E-state index is 15.0. The molecule has 0 amide bonds. The fourth-order valence-corrected chi connectivity index (χ4v) is 5.90. The van der Waals surface area contributed by atoms with Crippen LogP contribution in [0, 0.1) is 16.6 Å². The lowest BCUT2D eigenvalue weighted by Crippen LogP contribution is -2.35. The molecule has 3 aromatic rings. The zero-order chi connectivity index (χ0) is 25.5. The predicted molar refractivity (Wildman–Crippen MR) is 137 cm³/mol. The molecule has 1 aliphatic carbocycles. The van der Waals surface area contributed by atoms with Crippen molar-refractivity contribution < 1.29 is 19.0 Å². The Morgan fingerprint density at radius 1 is 1.17 bits per heavy atom. The van der Waals surface area contributed by atoms with E-state index in [1.54, 1.807) is 6.07 Å². The number of carboxylic acids is 1. The van der Waals surface area contributed by atoms with Crippen LogP contribution in [0.2, 0.25) is 0 Å². The number of carboxylic acid groups (broad SMARTS) is 1. The molecule has 0 unspecified atom stereocenters. The summed E-state index contributed by atoms with van der Waals surface area (Å²) in [6.45, 7) is 13.1. The number of hydrogen-bond donors (Lipinski definition) is 2. The molecule has 1 saturated carbocycles. The smallest absolute Gasteiger partial charge is 0.307 e. The Kier molecular flexibility index (Phi) is 6.56. The summed E-state index contributed by atoms with van der Waals surface area (Å²) in [4.78, 5) is 16.1. The first-order chi connectivity index (χ1) is 16.3. The topological polar surface area (TPSA) is 76.4 Å². The number of hydrogen-bond acceptors (Lipinski definition) is 4. The van der Waals surface area contributed by atoms with Crippen molar-refractivity contribution in [2.75, 3.05) is 5.32 Å². The van der Waals surface area contributed by atoms with E-state index in [1.807, 2.05) is 38.1 Å². The SMILES string of the molecule is CC(C)Oc1ccc(Nc2nc3cc(CC(=O)O)c(F)cc3n2C2CC(C)(C)CC(C)(C)C2)cc1. The first-order valence-electron chi connectivity index (χ1n) is 12.3. The van der Waals surface area contributed by atoms with Crippen molar-refractivity contribution in [3.8, 4) is 5.75 Å². The van der Waals surface area contributed by atoms with Crippen molar-refractivity contribution in [3.63, 3.8) is 0 Å². The van der Waals surface area contributed by atoms with E-state index < -0.39 is 11.8 Å². The van der Waals surface area contributed by atoms with Crippen LogP contribution in [0.3, 0.4) is 0 Å². The van der Waals surface area contributed by atoms with Gasteiger partial charge in [-0.05, 0) is 74.3 Å². The number of imidazole rings is 1. The molecule has 1 fully saturated rings. The third kappa shape index (κ3) is 5.77. The number of carbonyl (C=O) groups is 1. The van der Waals surface area contributed by atoms with Crippen LogP contribution in [-0.2, 0) is 11.2 Å². The summed E-state index contributed by atoms with van der Waals surface area (Å²) in [5, 5.41) is 12.6. The number of ether oxygens (including phenoxy) is 1. The second-order valence-corrected chi connectivity index (χ2v) is 11.7. The summed E-state index contributed by atoms with van der Waals surface area (Å²) in [6, 6.07) is 10.8. The third-order valence-corrected chi connectivity index (χ3v) is 6.58. The van der Waals surface area contributed by atoms with Crippen LogP contribution in [0.4, 0.5) is 16.0 Å². The van der Waals surface area contributed by atoms with Crippen molar-refractivity contribution >= 4 is 28.6 Å². The largest absolute Gasteiger partial charge is 0.491 e. The molecule has 7 heteroatoms. The minimum absolute atomic E-state index is 0.0888. The van der Waals surface area contributed by atoms with Gasteiger partial charge in [0.15, 0.2) is 0 Å². The Bertz CT molecular complexity index is 1210. The highest BCUT2D eigenvalue weighted by atomic mass is 19.1. The average molecular weight is 482 g/mol. The van der Waals surface area contributed by atoms with Gasteiger partial charge in [-0.25, -0.2) is 9.37 Å². The third-order valence-electron chi connectivity index (χ3n) is 6.58. The molecule has 0 bridgehead atoms. The highest BCUT2D eigenvalue weighted by Crippen LogP contribution is 2.51. The van der Waals surface area contributed by atoms with Gasteiger partial charge in [0.2, 0.25) is 5.95 Å². The summed E-state index contributed by atoms with van der Waals surface area (Å²) in [7, 11) is 0. The van der Waals surface area contributed by atoms with Crippen LogP contribution in [-0.4, -0.2) is 26.7 Å². The van der Waals surface area contributed by atoms with E-state index in [1.165, 1.54) is 6.07 Å². The fraction of sp³-hybridized carbons (Fsp3) is 0.500. The van der Waals surface area contributed by atoms with E-state index >= 15 is 0 Å². The van der Waals surface area contributed by atoms with Gasteiger partial charge in [0.05, 0.1) is 23.6 Å². The number of aliphatic carboxylic acids is 1. The van der Waals surface area contributed by atoms with Crippen molar-refractivity contribution in [1.29, 1.82) is 0 Å². The van der Waals surface area contributed by atoms with Gasteiger partial charge >= 0.3 is 5.97 Å². The van der Waals surface area contributed by atoms with E-state index in [0.717, 1.165) is 30.7 Å². The van der Waals surface area contributed by atoms with Crippen LogP contribution in [0.1, 0.15) is 72.4 Å². The average Bonchev–Trinajstić information content (AvgIpc) is 3.03. The van der Waals surface area contributed by atoms with Gasteiger partial charge in [-0.3, -0.25) is 4.79 Å². The van der Waals surface area contributed by atoms with Gasteiger partial charge in [-0.2, -0.15) is 0 Å². The minimum Gasteiger partial charge on any atom is -0.491 e. The Hall–Kier alpha value is -3.09. The molecule has 0 atom stereocenters. The Morgan fingerprint density at radius 2 is 1.80 bits per heavy atom. The summed E-state index contributed by atoms with van der Waals surface area (Å²) < 4.78 is 22.8. The Labute approximate surface area is 206 Å². The molecule has 0 radical (unpaired) electrons. The normalized spacial score (nSPS) is 17.6. The Morgan fingerprint density at radius 3 is 2.37 bits per heavy atom. The molecule has 0 saturated heterocycles. The maximum atomic E-state index is 15.0. The lowest BCUT2D eigenvalue weighted by atomic mass is 9.63. The molecule has 35 heavy (non-hydrogen) atoms. The molecule has 6 nitrogen and oxygen atoms in total. The number of aromatic nitrogens is 2. The molecular formula is C28H36FN3O3. The molecular weight excluding hydrogens is 445 g/mol. The predicted octanol–water partition coefficient (Wildman–Crippen LogP) is 7.11. The molecule has 1 aliphatic rings. The van der Waals surface area contributed by atoms with Crippen molar-refractivity contribution in [2.45, 2.75) is 79.4 Å². The first kappa shape index (κ1) is 25.0. The van der Waals surface area contributed by atoms with E-state index in [0.29, 0.717) is 17.0 Å². The molecule has 4 rings (SSSR count). The lowest BCUT2D eigenvalue weighted by Gasteiger charge is -2.45. The fourth-order valence-electron chi connectivity index (χ4n) is 5.90. The van der Waals surface area contributed by atoms with Crippen LogP contribution >= 0.6 is 0 Å². The number of nitrogens with zero attached hydrogens (tertiary/aromatic N) is 2. The summed E-state index contributed by atoms with van der Waals surface area (Å²) in [5.41, 5.74) is 2.50. The van der Waals surface area contributed by atoms with Gasteiger partial charge in [0, 0.05) is 23.4 Å². The molecule has 2 N–H and O–H groups in total. The quantitative estimate of drug-likeness (QED) is 0.376. The highest BCUT2D eigenvalue weighted by molar-refractivity contribution is 5.82. The monoisotopic (exact) mass is 481 g/mol. The second-order valence-electron chi connectivity index (χ2n) is 11.7. The summed E-state index contributed by atoms with van der Waals surface area (Å²) in [6.07, 6.45) is 2.70. The number of fused-ring (bicyclic) bond motifs is 1. The molecule has 1 heterocycles. The number of rotatable bonds is 7. The second kappa shape index (κ2) is 9.17. The first-order valence-corrected chi connectivity index (χ1v) is 12.3. The van der Waals surface area contributed by atoms with Crippen molar-refractivity contribution in [3.05, 3.63) is 47.8 Å². The standard InChI is InChI=1S/C28H36FN3O3/c1-17(2)35-21-9-7-19(8-10-21)30-26-31-23-11-18(12-25(33)34)22(29)13-24(23)32(26)20-14-27(3,4)16-28(5,6)15-20/h7-11,13,17,20H,12,14-16H2,1-6H3,(H,30,31)(H,33,34). The van der Waals surface area contributed by atoms with E-state index in [9.17, 15) is 14.3 Å². The zero-order valence-corrected chi connectivity index (χ0v) is 21.5. The number of nitrogens with one attached hydrogen (secondary N) is 1. The van der Waals surface area contributed by atoms with E-state index in [2.05, 4.69) is 37.6 Å². The van der Waals surface area contributed by atoms with Gasteiger partial charge in [0.1, 0.15) is 11.6 Å². The van der Waals surface area contributed by atoms with Gasteiger partial charge in [0.25, 0.3) is 0 Å². The number of halogens is 1. The van der Waals surface area contributed by atoms with Crippen LogP contribution < -0.4 is 10.1 Å².